The Balaban J connectivity index is 1.86. The van der Waals surface area contributed by atoms with Crippen molar-refractivity contribution in [2.45, 2.75) is 25.8 Å². The molecule has 2 N–H and O–H groups in total. The molecule has 0 spiro atoms. The van der Waals surface area contributed by atoms with E-state index < -0.39 is 6.09 Å². The second-order valence-corrected chi connectivity index (χ2v) is 5.39. The molecule has 1 amide bonds. The molecule has 2 heterocycles. The molecule has 0 aliphatic rings. The number of amides is 1. The van der Waals surface area contributed by atoms with E-state index in [0.717, 1.165) is 35.0 Å². The predicted molar refractivity (Wildman–Crippen MR) is 85.6 cm³/mol. The van der Waals surface area contributed by atoms with E-state index >= 15 is 0 Å². The number of carboxylic acid groups (broad SMARTS) is 1. The summed E-state index contributed by atoms with van der Waals surface area (Å²) in [5.74, 6) is 0. The Bertz CT molecular complexity index is 816. The van der Waals surface area contributed by atoms with E-state index in [9.17, 15) is 4.79 Å². The van der Waals surface area contributed by atoms with Crippen molar-refractivity contribution in [2.24, 2.45) is 0 Å². The summed E-state index contributed by atoms with van der Waals surface area (Å²) < 4.78 is 1.80. The Hall–Kier alpha value is -2.96. The minimum atomic E-state index is -0.993. The zero-order valence-electron chi connectivity index (χ0n) is 12.7. The Morgan fingerprint density at radius 1 is 1.30 bits per heavy atom. The van der Waals surface area contributed by atoms with Gasteiger partial charge in [-0.2, -0.15) is 5.10 Å². The molecule has 0 aliphatic carbocycles. The van der Waals surface area contributed by atoms with Crippen LogP contribution in [0, 0.1) is 0 Å². The van der Waals surface area contributed by atoms with Crippen LogP contribution in [0.25, 0.3) is 16.6 Å². The van der Waals surface area contributed by atoms with Gasteiger partial charge in [-0.05, 0) is 31.4 Å². The lowest BCUT2D eigenvalue weighted by atomic mass is 10.0. The molecule has 0 unspecified atom stereocenters. The van der Waals surface area contributed by atoms with Crippen molar-refractivity contribution in [3.8, 4) is 5.69 Å². The highest BCUT2D eigenvalue weighted by Gasteiger charge is 2.11. The highest BCUT2D eigenvalue weighted by Crippen LogP contribution is 2.22. The van der Waals surface area contributed by atoms with Crippen molar-refractivity contribution in [2.75, 3.05) is 0 Å². The molecule has 2 aromatic heterocycles. The van der Waals surface area contributed by atoms with Gasteiger partial charge in [0.1, 0.15) is 12.0 Å². The number of aromatic nitrogens is 4. The minimum Gasteiger partial charge on any atom is -0.465 e. The quantitative estimate of drug-likeness (QED) is 0.754. The highest BCUT2D eigenvalue weighted by atomic mass is 16.4. The minimum absolute atomic E-state index is 0.0969. The zero-order chi connectivity index (χ0) is 16.2. The van der Waals surface area contributed by atoms with Gasteiger partial charge in [0.05, 0.1) is 24.1 Å². The summed E-state index contributed by atoms with van der Waals surface area (Å²) in [4.78, 5) is 18.7. The summed E-state index contributed by atoms with van der Waals surface area (Å²) >= 11 is 0. The second-order valence-electron chi connectivity index (χ2n) is 5.39. The van der Waals surface area contributed by atoms with E-state index in [1.54, 1.807) is 17.1 Å². The van der Waals surface area contributed by atoms with E-state index in [-0.39, 0.29) is 6.04 Å². The first-order valence-electron chi connectivity index (χ1n) is 7.35. The lowest BCUT2D eigenvalue weighted by Gasteiger charge is -2.11. The fourth-order valence-electron chi connectivity index (χ4n) is 2.59. The number of aryl methyl sites for hydroxylation is 1. The molecule has 3 aromatic rings. The number of rotatable bonds is 5. The average Bonchev–Trinajstić information content (AvgIpc) is 2.97. The smallest absolute Gasteiger partial charge is 0.404 e. The van der Waals surface area contributed by atoms with Gasteiger partial charge in [-0.1, -0.05) is 12.1 Å². The van der Waals surface area contributed by atoms with Crippen molar-refractivity contribution in [3.63, 3.8) is 0 Å². The van der Waals surface area contributed by atoms with Crippen LogP contribution in [-0.4, -0.2) is 37.0 Å². The maximum atomic E-state index is 10.7. The summed E-state index contributed by atoms with van der Waals surface area (Å²) in [6.07, 6.45) is 7.24. The van der Waals surface area contributed by atoms with Gasteiger partial charge in [-0.25, -0.2) is 19.4 Å². The molecule has 1 aromatic carbocycles. The molecule has 0 aliphatic heterocycles. The van der Waals surface area contributed by atoms with Crippen molar-refractivity contribution in [1.29, 1.82) is 0 Å². The summed E-state index contributed by atoms with van der Waals surface area (Å²) in [5.41, 5.74) is 2.93. The van der Waals surface area contributed by atoms with Crippen LogP contribution in [0.5, 0.6) is 0 Å². The van der Waals surface area contributed by atoms with E-state index in [4.69, 9.17) is 5.11 Å². The standard InChI is InChI=1S/C16H17N5O2/c1-11(20-16(22)23)5-6-12-3-2-4-15-14(12)9-19-21(15)13-7-17-10-18-8-13/h2-4,7-11,20H,5-6H2,1H3,(H,22,23)/t11-/m0/s1. The van der Waals surface area contributed by atoms with Crippen LogP contribution >= 0.6 is 0 Å². The van der Waals surface area contributed by atoms with E-state index in [2.05, 4.69) is 20.4 Å². The largest absolute Gasteiger partial charge is 0.465 e. The summed E-state index contributed by atoms with van der Waals surface area (Å²) in [6.45, 7) is 1.86. The Morgan fingerprint density at radius 2 is 2.09 bits per heavy atom. The molecule has 3 rings (SSSR count). The molecule has 0 saturated heterocycles. The third-order valence-corrected chi connectivity index (χ3v) is 3.71. The van der Waals surface area contributed by atoms with Crippen LogP contribution < -0.4 is 5.32 Å². The van der Waals surface area contributed by atoms with Gasteiger partial charge >= 0.3 is 6.09 Å². The number of fused-ring (bicyclic) bond motifs is 1. The van der Waals surface area contributed by atoms with Crippen LogP contribution in [-0.2, 0) is 6.42 Å². The van der Waals surface area contributed by atoms with Crippen LogP contribution in [0.4, 0.5) is 4.79 Å². The summed E-state index contributed by atoms with van der Waals surface area (Å²) in [6, 6.07) is 5.93. The average molecular weight is 311 g/mol. The maximum Gasteiger partial charge on any atom is 0.404 e. The molecule has 0 radical (unpaired) electrons. The molecule has 23 heavy (non-hydrogen) atoms. The first-order chi connectivity index (χ1) is 11.1. The third-order valence-electron chi connectivity index (χ3n) is 3.71. The highest BCUT2D eigenvalue weighted by molar-refractivity contribution is 5.83. The van der Waals surface area contributed by atoms with Gasteiger partial charge in [-0.15, -0.1) is 0 Å². The van der Waals surface area contributed by atoms with Gasteiger partial charge in [-0.3, -0.25) is 0 Å². The topological polar surface area (TPSA) is 92.9 Å². The van der Waals surface area contributed by atoms with Crippen LogP contribution in [0.15, 0.2) is 43.1 Å². The molecule has 0 saturated carbocycles. The maximum absolute atomic E-state index is 10.7. The van der Waals surface area contributed by atoms with Gasteiger partial charge in [0.2, 0.25) is 0 Å². The van der Waals surface area contributed by atoms with Gasteiger partial charge in [0.25, 0.3) is 0 Å². The van der Waals surface area contributed by atoms with Crippen molar-refractivity contribution in [1.82, 2.24) is 25.1 Å². The molecular weight excluding hydrogens is 294 g/mol. The van der Waals surface area contributed by atoms with Crippen LogP contribution in [0.2, 0.25) is 0 Å². The number of benzene rings is 1. The Kier molecular flexibility index (Phi) is 4.18. The van der Waals surface area contributed by atoms with Crippen molar-refractivity contribution >= 4 is 17.0 Å². The van der Waals surface area contributed by atoms with Crippen LogP contribution in [0.3, 0.4) is 0 Å². The summed E-state index contributed by atoms with van der Waals surface area (Å²) in [5, 5.41) is 16.7. The first kappa shape index (κ1) is 15.0. The number of nitrogens with zero attached hydrogens (tertiary/aromatic N) is 4. The number of nitrogens with one attached hydrogen (secondary N) is 1. The van der Waals surface area contributed by atoms with E-state index in [0.29, 0.717) is 0 Å². The molecule has 0 fully saturated rings. The Labute approximate surface area is 133 Å². The van der Waals surface area contributed by atoms with E-state index in [1.165, 1.54) is 6.33 Å². The van der Waals surface area contributed by atoms with Crippen molar-refractivity contribution in [3.05, 3.63) is 48.7 Å². The molecule has 7 heteroatoms. The molecule has 1 atom stereocenters. The normalized spacial score (nSPS) is 12.2. The van der Waals surface area contributed by atoms with Gasteiger partial charge in [0.15, 0.2) is 0 Å². The molecule has 7 nitrogen and oxygen atoms in total. The fraction of sp³-hybridized carbons (Fsp3) is 0.250. The number of hydrogen-bond acceptors (Lipinski definition) is 4. The molecule has 118 valence electrons. The summed E-state index contributed by atoms with van der Waals surface area (Å²) in [7, 11) is 0. The second kappa shape index (κ2) is 6.43. The lowest BCUT2D eigenvalue weighted by molar-refractivity contribution is 0.190. The molecule has 0 bridgehead atoms. The van der Waals surface area contributed by atoms with Crippen LogP contribution in [0.1, 0.15) is 18.9 Å². The SMILES string of the molecule is C[C@@H](CCc1cccc2c1cnn2-c1cncnc1)NC(=O)O. The van der Waals surface area contributed by atoms with Gasteiger partial charge in [0, 0.05) is 11.4 Å². The zero-order valence-corrected chi connectivity index (χ0v) is 12.7. The predicted octanol–water partition coefficient (Wildman–Crippen LogP) is 2.40. The Morgan fingerprint density at radius 3 is 2.83 bits per heavy atom. The van der Waals surface area contributed by atoms with Gasteiger partial charge < -0.3 is 10.4 Å². The lowest BCUT2D eigenvalue weighted by Crippen LogP contribution is -2.31. The molecular formula is C16H17N5O2. The van der Waals surface area contributed by atoms with E-state index in [1.807, 2.05) is 31.3 Å². The first-order valence-corrected chi connectivity index (χ1v) is 7.35. The monoisotopic (exact) mass is 311 g/mol. The third kappa shape index (κ3) is 3.28. The number of carbonyl (C=O) groups is 1. The fourth-order valence-corrected chi connectivity index (χ4v) is 2.59. The number of hydrogen-bond donors (Lipinski definition) is 2. The van der Waals surface area contributed by atoms with Crippen molar-refractivity contribution < 1.29 is 9.90 Å².